The van der Waals surface area contributed by atoms with Gasteiger partial charge in [-0.25, -0.2) is 0 Å². The molecule has 0 saturated carbocycles. The molecule has 1 aliphatic rings. The van der Waals surface area contributed by atoms with Crippen molar-refractivity contribution < 1.29 is 0 Å². The van der Waals surface area contributed by atoms with Crippen molar-refractivity contribution in [3.63, 3.8) is 0 Å². The number of nitrogens with zero attached hydrogens (tertiary/aromatic N) is 1. The van der Waals surface area contributed by atoms with Crippen molar-refractivity contribution in [1.29, 1.82) is 0 Å². The Bertz CT molecular complexity index is 177. The van der Waals surface area contributed by atoms with Gasteiger partial charge in [-0.1, -0.05) is 13.5 Å². The summed E-state index contributed by atoms with van der Waals surface area (Å²) in [5.74, 6) is 0.924. The van der Waals surface area contributed by atoms with Crippen LogP contribution in [-0.2, 0) is 0 Å². The summed E-state index contributed by atoms with van der Waals surface area (Å²) in [4.78, 5) is 2.58. The normalized spacial score (nSPS) is 24.3. The standard InChI is InChI=1S/C12H24N2/c1-11-5-4-8-14(9-6-11)10-7-12(2)13-3/h11,13H,2,4-10H2,1,3H3. The van der Waals surface area contributed by atoms with Gasteiger partial charge in [-0.2, -0.15) is 0 Å². The molecule has 0 aromatic carbocycles. The molecule has 0 amide bonds. The Morgan fingerprint density at radius 3 is 2.93 bits per heavy atom. The maximum absolute atomic E-state index is 3.96. The quantitative estimate of drug-likeness (QED) is 0.742. The average Bonchev–Trinajstić information content (AvgIpc) is 2.39. The molecule has 1 aliphatic heterocycles. The highest BCUT2D eigenvalue weighted by molar-refractivity contribution is 4.90. The van der Waals surface area contributed by atoms with Crippen LogP contribution in [0, 0.1) is 5.92 Å². The maximum Gasteiger partial charge on any atom is 0.00439 e. The monoisotopic (exact) mass is 196 g/mol. The van der Waals surface area contributed by atoms with E-state index in [9.17, 15) is 0 Å². The van der Waals surface area contributed by atoms with Crippen LogP contribution in [-0.4, -0.2) is 31.6 Å². The first kappa shape index (κ1) is 11.6. The third kappa shape index (κ3) is 4.14. The van der Waals surface area contributed by atoms with Crippen LogP contribution in [0.15, 0.2) is 12.3 Å². The van der Waals surface area contributed by atoms with Crippen LogP contribution in [0.4, 0.5) is 0 Å². The summed E-state index contributed by atoms with van der Waals surface area (Å²) in [7, 11) is 1.95. The summed E-state index contributed by atoms with van der Waals surface area (Å²) in [6.07, 6.45) is 5.23. The Hall–Kier alpha value is -0.500. The van der Waals surface area contributed by atoms with E-state index in [2.05, 4.69) is 23.7 Å². The van der Waals surface area contributed by atoms with Gasteiger partial charge < -0.3 is 10.2 Å². The van der Waals surface area contributed by atoms with Crippen molar-refractivity contribution in [1.82, 2.24) is 10.2 Å². The molecule has 0 radical (unpaired) electrons. The predicted octanol–water partition coefficient (Wildman–Crippen LogP) is 2.23. The Morgan fingerprint density at radius 1 is 1.43 bits per heavy atom. The van der Waals surface area contributed by atoms with Gasteiger partial charge in [0.2, 0.25) is 0 Å². The van der Waals surface area contributed by atoms with Gasteiger partial charge in [-0.15, -0.1) is 0 Å². The number of hydrogen-bond donors (Lipinski definition) is 1. The maximum atomic E-state index is 3.96. The van der Waals surface area contributed by atoms with Crippen molar-refractivity contribution in [3.05, 3.63) is 12.3 Å². The van der Waals surface area contributed by atoms with Gasteiger partial charge in [-0.3, -0.25) is 0 Å². The Balaban J connectivity index is 2.20. The summed E-state index contributed by atoms with van der Waals surface area (Å²) in [6, 6.07) is 0. The van der Waals surface area contributed by atoms with Crippen LogP contribution in [0.1, 0.15) is 32.6 Å². The first-order valence-electron chi connectivity index (χ1n) is 5.80. The van der Waals surface area contributed by atoms with Gasteiger partial charge >= 0.3 is 0 Å². The van der Waals surface area contributed by atoms with Crippen molar-refractivity contribution in [2.75, 3.05) is 26.7 Å². The first-order valence-corrected chi connectivity index (χ1v) is 5.80. The number of nitrogens with one attached hydrogen (secondary N) is 1. The second kappa shape index (κ2) is 6.07. The molecule has 1 fully saturated rings. The van der Waals surface area contributed by atoms with Crippen LogP contribution in [0.5, 0.6) is 0 Å². The summed E-state index contributed by atoms with van der Waals surface area (Å²) in [5, 5.41) is 3.11. The molecule has 0 bridgehead atoms. The van der Waals surface area contributed by atoms with Gasteiger partial charge in [0, 0.05) is 19.3 Å². The zero-order valence-corrected chi connectivity index (χ0v) is 9.68. The third-order valence-electron chi connectivity index (χ3n) is 3.19. The smallest absolute Gasteiger partial charge is 0.00439 e. The SMILES string of the molecule is C=C(CCN1CCCC(C)CC1)NC. The fourth-order valence-corrected chi connectivity index (χ4v) is 1.96. The Labute approximate surface area is 88.4 Å². The Kier molecular flexibility index (Phi) is 5.02. The first-order chi connectivity index (χ1) is 6.72. The van der Waals surface area contributed by atoms with E-state index in [0.29, 0.717) is 0 Å². The van der Waals surface area contributed by atoms with Gasteiger partial charge in [-0.05, 0) is 44.7 Å². The molecule has 1 atom stereocenters. The molecule has 0 aromatic heterocycles. The van der Waals surface area contributed by atoms with E-state index < -0.39 is 0 Å². The van der Waals surface area contributed by atoms with Crippen LogP contribution in [0.25, 0.3) is 0 Å². The van der Waals surface area contributed by atoms with E-state index in [4.69, 9.17) is 0 Å². The predicted molar refractivity (Wildman–Crippen MR) is 62.3 cm³/mol. The summed E-state index contributed by atoms with van der Waals surface area (Å²) in [5.41, 5.74) is 1.15. The molecular weight excluding hydrogens is 172 g/mol. The van der Waals surface area contributed by atoms with Crippen molar-refractivity contribution >= 4 is 0 Å². The molecule has 0 spiro atoms. The number of hydrogen-bond acceptors (Lipinski definition) is 2. The van der Waals surface area contributed by atoms with E-state index in [1.807, 2.05) is 7.05 Å². The van der Waals surface area contributed by atoms with E-state index >= 15 is 0 Å². The molecule has 0 aliphatic carbocycles. The minimum Gasteiger partial charge on any atom is -0.392 e. The lowest BCUT2D eigenvalue weighted by molar-refractivity contribution is 0.284. The van der Waals surface area contributed by atoms with E-state index in [-0.39, 0.29) is 0 Å². The number of rotatable bonds is 4. The zero-order valence-electron chi connectivity index (χ0n) is 9.68. The number of likely N-dealkylation sites (tertiary alicyclic amines) is 1. The largest absolute Gasteiger partial charge is 0.392 e. The van der Waals surface area contributed by atoms with Gasteiger partial charge in [0.15, 0.2) is 0 Å². The average molecular weight is 196 g/mol. The fourth-order valence-electron chi connectivity index (χ4n) is 1.96. The molecule has 1 N–H and O–H groups in total. The van der Waals surface area contributed by atoms with Crippen LogP contribution in [0.2, 0.25) is 0 Å². The molecule has 1 unspecified atom stereocenters. The Morgan fingerprint density at radius 2 is 2.21 bits per heavy atom. The summed E-state index contributed by atoms with van der Waals surface area (Å²) >= 11 is 0. The topological polar surface area (TPSA) is 15.3 Å². The minimum atomic E-state index is 0.924. The van der Waals surface area contributed by atoms with E-state index in [1.54, 1.807) is 0 Å². The zero-order chi connectivity index (χ0) is 10.4. The van der Waals surface area contributed by atoms with Crippen molar-refractivity contribution in [2.24, 2.45) is 5.92 Å². The molecule has 0 aromatic rings. The molecule has 1 saturated heterocycles. The lowest BCUT2D eigenvalue weighted by Gasteiger charge is -2.20. The lowest BCUT2D eigenvalue weighted by atomic mass is 10.0. The molecule has 2 nitrogen and oxygen atoms in total. The molecule has 14 heavy (non-hydrogen) atoms. The second-order valence-corrected chi connectivity index (χ2v) is 4.48. The highest BCUT2D eigenvalue weighted by atomic mass is 15.1. The molecule has 1 rings (SSSR count). The second-order valence-electron chi connectivity index (χ2n) is 4.48. The molecule has 2 heteroatoms. The van der Waals surface area contributed by atoms with Crippen LogP contribution in [0.3, 0.4) is 0 Å². The summed E-state index contributed by atoms with van der Waals surface area (Å²) in [6.45, 7) is 10.1. The van der Waals surface area contributed by atoms with Gasteiger partial charge in [0.1, 0.15) is 0 Å². The van der Waals surface area contributed by atoms with E-state index in [1.165, 1.54) is 38.9 Å². The summed E-state index contributed by atoms with van der Waals surface area (Å²) < 4.78 is 0. The van der Waals surface area contributed by atoms with Gasteiger partial charge in [0.25, 0.3) is 0 Å². The highest BCUT2D eigenvalue weighted by Gasteiger charge is 2.12. The minimum absolute atomic E-state index is 0.924. The molecule has 1 heterocycles. The van der Waals surface area contributed by atoms with Crippen molar-refractivity contribution in [3.8, 4) is 0 Å². The van der Waals surface area contributed by atoms with Crippen LogP contribution >= 0.6 is 0 Å². The van der Waals surface area contributed by atoms with E-state index in [0.717, 1.165) is 18.0 Å². The van der Waals surface area contributed by atoms with Crippen LogP contribution < -0.4 is 5.32 Å². The molecular formula is C12H24N2. The highest BCUT2D eigenvalue weighted by Crippen LogP contribution is 2.16. The van der Waals surface area contributed by atoms with Gasteiger partial charge in [0.05, 0.1) is 0 Å². The fraction of sp³-hybridized carbons (Fsp3) is 0.833. The lowest BCUT2D eigenvalue weighted by Crippen LogP contribution is -2.27. The van der Waals surface area contributed by atoms with Crippen molar-refractivity contribution in [2.45, 2.75) is 32.6 Å². The third-order valence-corrected chi connectivity index (χ3v) is 3.19. The molecule has 82 valence electrons.